The Kier molecular flexibility index (Phi) is 4.43. The number of carbonyl (C=O) groups is 1. The van der Waals surface area contributed by atoms with Gasteiger partial charge in [0.05, 0.1) is 17.8 Å². The topological polar surface area (TPSA) is 46.3 Å². The van der Waals surface area contributed by atoms with Crippen LogP contribution < -0.4 is 10.6 Å². The molecule has 1 amide bonds. The first-order valence-corrected chi connectivity index (χ1v) is 6.52. The zero-order valence-corrected chi connectivity index (χ0v) is 12.0. The Morgan fingerprint density at radius 3 is 2.57 bits per heavy atom. The third-order valence-electron chi connectivity index (χ3n) is 3.07. The molecule has 110 valence electrons. The molecule has 0 heterocycles. The molecule has 2 aromatic rings. The Bertz CT molecular complexity index is 691. The molecule has 0 unspecified atom stereocenters. The van der Waals surface area contributed by atoms with Crippen LogP contribution in [-0.4, -0.2) is 13.0 Å². The fourth-order valence-electron chi connectivity index (χ4n) is 1.88. The number of rotatable bonds is 3. The van der Waals surface area contributed by atoms with Gasteiger partial charge in [-0.3, -0.25) is 4.79 Å². The second-order valence-electron chi connectivity index (χ2n) is 4.58. The van der Waals surface area contributed by atoms with E-state index in [2.05, 4.69) is 0 Å². The van der Waals surface area contributed by atoms with Gasteiger partial charge in [0.1, 0.15) is 0 Å². The summed E-state index contributed by atoms with van der Waals surface area (Å²) < 4.78 is 26.0. The fourth-order valence-corrected chi connectivity index (χ4v) is 2.05. The minimum atomic E-state index is -0.981. The lowest BCUT2D eigenvalue weighted by Gasteiger charge is -2.19. The van der Waals surface area contributed by atoms with Gasteiger partial charge in [-0.15, -0.1) is 0 Å². The van der Waals surface area contributed by atoms with Gasteiger partial charge in [0.2, 0.25) is 5.91 Å². The van der Waals surface area contributed by atoms with Gasteiger partial charge in [-0.25, -0.2) is 8.78 Å². The van der Waals surface area contributed by atoms with Crippen LogP contribution in [0.3, 0.4) is 0 Å². The predicted octanol–water partition coefficient (Wildman–Crippen LogP) is 3.41. The third-order valence-corrected chi connectivity index (χ3v) is 3.30. The van der Waals surface area contributed by atoms with Gasteiger partial charge in [-0.05, 0) is 35.9 Å². The van der Waals surface area contributed by atoms with E-state index in [0.717, 1.165) is 12.1 Å². The van der Waals surface area contributed by atoms with Crippen LogP contribution in [0, 0.1) is 11.6 Å². The summed E-state index contributed by atoms with van der Waals surface area (Å²) in [5.41, 5.74) is 7.06. The molecular formula is C15H13ClF2N2O. The van der Waals surface area contributed by atoms with E-state index in [-0.39, 0.29) is 12.3 Å². The zero-order chi connectivity index (χ0) is 15.6. The number of likely N-dealkylation sites (N-methyl/N-ethyl adjacent to an activating group) is 1. The van der Waals surface area contributed by atoms with Crippen LogP contribution in [-0.2, 0) is 11.2 Å². The molecule has 0 aliphatic heterocycles. The molecule has 0 saturated heterocycles. The van der Waals surface area contributed by atoms with Gasteiger partial charge in [0, 0.05) is 12.1 Å². The van der Waals surface area contributed by atoms with Crippen LogP contribution in [0.15, 0.2) is 36.4 Å². The number of hydrogen-bond donors (Lipinski definition) is 1. The quantitative estimate of drug-likeness (QED) is 0.883. The van der Waals surface area contributed by atoms with Crippen LogP contribution in [0.4, 0.5) is 20.2 Å². The monoisotopic (exact) mass is 310 g/mol. The molecule has 0 saturated carbocycles. The van der Waals surface area contributed by atoms with E-state index in [1.54, 1.807) is 25.2 Å². The molecule has 0 aromatic heterocycles. The highest BCUT2D eigenvalue weighted by Gasteiger charge is 2.15. The third kappa shape index (κ3) is 3.49. The molecule has 0 spiro atoms. The first-order valence-electron chi connectivity index (χ1n) is 6.14. The van der Waals surface area contributed by atoms with Crippen LogP contribution in [0.25, 0.3) is 0 Å². The molecule has 0 bridgehead atoms. The number of benzene rings is 2. The molecule has 0 fully saturated rings. The number of amides is 1. The summed E-state index contributed by atoms with van der Waals surface area (Å²) in [5, 5.41) is 0.451. The lowest BCUT2D eigenvalue weighted by molar-refractivity contribution is -0.117. The van der Waals surface area contributed by atoms with E-state index >= 15 is 0 Å². The standard InChI is InChI=1S/C15H13ClF2N2O/c1-20(14-8-10(16)3-5-13(14)19)15(21)7-9-2-4-11(17)12(18)6-9/h2-6,8H,7,19H2,1H3. The molecule has 3 nitrogen and oxygen atoms in total. The number of halogens is 3. The first kappa shape index (κ1) is 15.3. The Labute approximate surface area is 125 Å². The molecule has 0 aliphatic rings. The molecular weight excluding hydrogens is 298 g/mol. The molecule has 0 radical (unpaired) electrons. The Morgan fingerprint density at radius 1 is 1.19 bits per heavy atom. The molecule has 2 aromatic carbocycles. The SMILES string of the molecule is CN(C(=O)Cc1ccc(F)c(F)c1)c1cc(Cl)ccc1N. The van der Waals surface area contributed by atoms with E-state index in [1.165, 1.54) is 11.0 Å². The van der Waals surface area contributed by atoms with Crippen molar-refractivity contribution >= 4 is 28.9 Å². The summed E-state index contributed by atoms with van der Waals surface area (Å²) >= 11 is 5.88. The smallest absolute Gasteiger partial charge is 0.231 e. The number of carbonyl (C=O) groups excluding carboxylic acids is 1. The lowest BCUT2D eigenvalue weighted by Crippen LogP contribution is -2.28. The van der Waals surface area contributed by atoms with Crippen molar-refractivity contribution in [1.82, 2.24) is 0 Å². The van der Waals surface area contributed by atoms with Crippen LogP contribution in [0.5, 0.6) is 0 Å². The minimum Gasteiger partial charge on any atom is -0.397 e. The van der Waals surface area contributed by atoms with Gasteiger partial charge in [0.15, 0.2) is 11.6 Å². The van der Waals surface area contributed by atoms with E-state index < -0.39 is 11.6 Å². The number of hydrogen-bond acceptors (Lipinski definition) is 2. The minimum absolute atomic E-state index is 0.0698. The van der Waals surface area contributed by atoms with Crippen LogP contribution in [0.2, 0.25) is 5.02 Å². The molecule has 2 rings (SSSR count). The van der Waals surface area contributed by atoms with E-state index in [4.69, 9.17) is 17.3 Å². The van der Waals surface area contributed by atoms with Crippen molar-refractivity contribution < 1.29 is 13.6 Å². The molecule has 21 heavy (non-hydrogen) atoms. The first-order chi connectivity index (χ1) is 9.88. The van der Waals surface area contributed by atoms with Crippen molar-refractivity contribution in [3.05, 3.63) is 58.6 Å². The largest absolute Gasteiger partial charge is 0.397 e. The summed E-state index contributed by atoms with van der Waals surface area (Å²) in [6, 6.07) is 8.15. The number of nitrogen functional groups attached to an aromatic ring is 1. The van der Waals surface area contributed by atoms with Crippen LogP contribution in [0.1, 0.15) is 5.56 Å². The van der Waals surface area contributed by atoms with Gasteiger partial charge in [-0.1, -0.05) is 17.7 Å². The van der Waals surface area contributed by atoms with E-state index in [9.17, 15) is 13.6 Å². The second-order valence-corrected chi connectivity index (χ2v) is 5.02. The van der Waals surface area contributed by atoms with Crippen LogP contribution >= 0.6 is 11.6 Å². The predicted molar refractivity (Wildman–Crippen MR) is 79.3 cm³/mol. The highest BCUT2D eigenvalue weighted by molar-refractivity contribution is 6.31. The number of nitrogens with two attached hydrogens (primary N) is 1. The highest BCUT2D eigenvalue weighted by Crippen LogP contribution is 2.26. The van der Waals surface area contributed by atoms with Crippen molar-refractivity contribution in [2.45, 2.75) is 6.42 Å². The van der Waals surface area contributed by atoms with Gasteiger partial charge in [0.25, 0.3) is 0 Å². The molecule has 2 N–H and O–H groups in total. The van der Waals surface area contributed by atoms with Gasteiger partial charge < -0.3 is 10.6 Å². The Balaban J connectivity index is 2.19. The van der Waals surface area contributed by atoms with Gasteiger partial charge >= 0.3 is 0 Å². The van der Waals surface area contributed by atoms with E-state index in [0.29, 0.717) is 22.0 Å². The molecule has 0 aliphatic carbocycles. The molecule has 0 atom stereocenters. The average Bonchev–Trinajstić information content (AvgIpc) is 2.44. The number of anilines is 2. The normalized spacial score (nSPS) is 10.5. The second kappa shape index (κ2) is 6.10. The maximum atomic E-state index is 13.1. The highest BCUT2D eigenvalue weighted by atomic mass is 35.5. The maximum Gasteiger partial charge on any atom is 0.231 e. The summed E-state index contributed by atoms with van der Waals surface area (Å²) in [6.07, 6.45) is -0.0698. The maximum absolute atomic E-state index is 13.1. The molecule has 6 heteroatoms. The van der Waals surface area contributed by atoms with Crippen molar-refractivity contribution in [3.8, 4) is 0 Å². The fraction of sp³-hybridized carbons (Fsp3) is 0.133. The number of nitrogens with zero attached hydrogens (tertiary/aromatic N) is 1. The van der Waals surface area contributed by atoms with Gasteiger partial charge in [-0.2, -0.15) is 0 Å². The van der Waals surface area contributed by atoms with Crippen molar-refractivity contribution in [1.29, 1.82) is 0 Å². The lowest BCUT2D eigenvalue weighted by atomic mass is 10.1. The summed E-state index contributed by atoms with van der Waals surface area (Å²) in [7, 11) is 1.55. The summed E-state index contributed by atoms with van der Waals surface area (Å²) in [6.45, 7) is 0. The Morgan fingerprint density at radius 2 is 1.90 bits per heavy atom. The Hall–Kier alpha value is -2.14. The summed E-state index contributed by atoms with van der Waals surface area (Å²) in [5.74, 6) is -2.24. The average molecular weight is 311 g/mol. The van der Waals surface area contributed by atoms with Crippen molar-refractivity contribution in [3.63, 3.8) is 0 Å². The summed E-state index contributed by atoms with van der Waals surface area (Å²) in [4.78, 5) is 13.5. The zero-order valence-electron chi connectivity index (χ0n) is 11.2. The van der Waals surface area contributed by atoms with E-state index in [1.807, 2.05) is 0 Å². The van der Waals surface area contributed by atoms with Crippen molar-refractivity contribution in [2.24, 2.45) is 0 Å². The van der Waals surface area contributed by atoms with Crippen molar-refractivity contribution in [2.75, 3.05) is 17.7 Å².